The molecule has 0 unspecified atom stereocenters. The summed E-state index contributed by atoms with van der Waals surface area (Å²) in [6.07, 6.45) is 4.45. The Bertz CT molecular complexity index is 897. The number of aromatic nitrogens is 1. The molecule has 0 fully saturated rings. The number of carboxylic acids is 1. The fourth-order valence-electron chi connectivity index (χ4n) is 2.42. The number of benzene rings is 1. The number of aliphatic carboxylic acids is 1. The number of hydrogen-bond acceptors (Lipinski definition) is 5. The molecule has 4 nitrogen and oxygen atoms in total. The highest BCUT2D eigenvalue weighted by Gasteiger charge is 2.11. The van der Waals surface area contributed by atoms with Crippen LogP contribution in [0.15, 0.2) is 53.0 Å². The van der Waals surface area contributed by atoms with Crippen LogP contribution in [-0.4, -0.2) is 27.6 Å². The van der Waals surface area contributed by atoms with Gasteiger partial charge in [-0.25, -0.2) is 4.98 Å². The fraction of sp³-hybridized carbons (Fsp3) is 0.200. The molecule has 0 amide bonds. The molecule has 6 heteroatoms. The van der Waals surface area contributed by atoms with Gasteiger partial charge in [0, 0.05) is 22.6 Å². The number of aryl methyl sites for hydroxylation is 1. The quantitative estimate of drug-likeness (QED) is 0.544. The lowest BCUT2D eigenvalue weighted by molar-refractivity contribution is -0.133. The molecule has 0 saturated carbocycles. The van der Waals surface area contributed by atoms with E-state index in [0.717, 1.165) is 27.8 Å². The van der Waals surface area contributed by atoms with E-state index in [9.17, 15) is 4.79 Å². The van der Waals surface area contributed by atoms with Crippen LogP contribution in [0.25, 0.3) is 16.6 Å². The Morgan fingerprint density at radius 3 is 2.85 bits per heavy atom. The van der Waals surface area contributed by atoms with Gasteiger partial charge in [0.05, 0.1) is 11.4 Å². The molecule has 2 aromatic heterocycles. The minimum Gasteiger partial charge on any atom is -0.481 e. The number of carbonyl (C=O) groups is 1. The predicted octanol–water partition coefficient (Wildman–Crippen LogP) is 5.13. The van der Waals surface area contributed by atoms with Gasteiger partial charge in [-0.15, -0.1) is 23.1 Å². The van der Waals surface area contributed by atoms with Crippen molar-refractivity contribution in [2.45, 2.75) is 13.3 Å². The van der Waals surface area contributed by atoms with Gasteiger partial charge in [0.2, 0.25) is 0 Å². The molecule has 3 aromatic rings. The Balaban J connectivity index is 1.62. The highest BCUT2D eigenvalue weighted by atomic mass is 32.2. The van der Waals surface area contributed by atoms with Crippen molar-refractivity contribution in [3.8, 4) is 10.6 Å². The number of rotatable bonds is 8. The van der Waals surface area contributed by atoms with Gasteiger partial charge < -0.3 is 9.52 Å². The second-order valence-electron chi connectivity index (χ2n) is 5.68. The number of hydrogen-bond donors (Lipinski definition) is 1. The van der Waals surface area contributed by atoms with Gasteiger partial charge >= 0.3 is 5.97 Å². The lowest BCUT2D eigenvalue weighted by Gasteiger charge is -1.96. The highest BCUT2D eigenvalue weighted by molar-refractivity contribution is 8.00. The largest absolute Gasteiger partial charge is 0.481 e. The van der Waals surface area contributed by atoms with Gasteiger partial charge in [-0.05, 0) is 25.1 Å². The molecule has 0 radical (unpaired) electrons. The zero-order valence-corrected chi connectivity index (χ0v) is 16.0. The van der Waals surface area contributed by atoms with Crippen LogP contribution in [0.2, 0.25) is 0 Å². The Morgan fingerprint density at radius 2 is 2.08 bits per heavy atom. The first-order valence-electron chi connectivity index (χ1n) is 8.18. The van der Waals surface area contributed by atoms with Crippen LogP contribution >= 0.6 is 23.1 Å². The van der Waals surface area contributed by atoms with E-state index in [2.05, 4.69) is 19.1 Å². The summed E-state index contributed by atoms with van der Waals surface area (Å²) in [5.41, 5.74) is 2.17. The summed E-state index contributed by atoms with van der Waals surface area (Å²) in [7, 11) is 0. The average Bonchev–Trinajstić information content (AvgIpc) is 3.22. The molecule has 0 atom stereocenters. The number of thiazole rings is 1. The first kappa shape index (κ1) is 18.5. The van der Waals surface area contributed by atoms with Gasteiger partial charge in [0.25, 0.3) is 0 Å². The molecular formula is C20H19NO3S2. The third-order valence-electron chi connectivity index (χ3n) is 3.66. The van der Waals surface area contributed by atoms with E-state index in [1.807, 2.05) is 42.5 Å². The molecule has 2 heterocycles. The molecule has 0 aliphatic rings. The van der Waals surface area contributed by atoms with Crippen molar-refractivity contribution in [1.82, 2.24) is 4.98 Å². The third-order valence-corrected chi connectivity index (χ3v) is 5.60. The number of thioether (sulfide) groups is 1. The summed E-state index contributed by atoms with van der Waals surface area (Å²) in [5.74, 6) is 1.61. The van der Waals surface area contributed by atoms with E-state index in [1.165, 1.54) is 16.6 Å². The van der Waals surface area contributed by atoms with Gasteiger partial charge in [0.1, 0.15) is 16.5 Å². The predicted molar refractivity (Wildman–Crippen MR) is 108 cm³/mol. The van der Waals surface area contributed by atoms with Gasteiger partial charge in [-0.3, -0.25) is 4.79 Å². The monoisotopic (exact) mass is 385 g/mol. The van der Waals surface area contributed by atoms with E-state index in [1.54, 1.807) is 11.3 Å². The molecule has 0 aliphatic heterocycles. The van der Waals surface area contributed by atoms with Crippen molar-refractivity contribution in [3.05, 3.63) is 70.6 Å². The van der Waals surface area contributed by atoms with Gasteiger partial charge in [-0.2, -0.15) is 0 Å². The zero-order chi connectivity index (χ0) is 18.4. The van der Waals surface area contributed by atoms with Crippen molar-refractivity contribution in [1.29, 1.82) is 0 Å². The van der Waals surface area contributed by atoms with Crippen LogP contribution in [0.5, 0.6) is 0 Å². The second kappa shape index (κ2) is 8.87. The Morgan fingerprint density at radius 1 is 1.27 bits per heavy atom. The van der Waals surface area contributed by atoms with Crippen LogP contribution < -0.4 is 0 Å². The first-order chi connectivity index (χ1) is 12.6. The lowest BCUT2D eigenvalue weighted by Crippen LogP contribution is -1.97. The molecular weight excluding hydrogens is 366 g/mol. The Hall–Kier alpha value is -2.31. The summed E-state index contributed by atoms with van der Waals surface area (Å²) in [4.78, 5) is 16.4. The number of furan rings is 1. The second-order valence-corrected chi connectivity index (χ2v) is 7.91. The van der Waals surface area contributed by atoms with Crippen LogP contribution in [0.3, 0.4) is 0 Å². The summed E-state index contributed by atoms with van der Waals surface area (Å²) >= 11 is 3.05. The van der Waals surface area contributed by atoms with E-state index in [4.69, 9.17) is 14.5 Å². The van der Waals surface area contributed by atoms with Crippen molar-refractivity contribution >= 4 is 35.1 Å². The summed E-state index contributed by atoms with van der Waals surface area (Å²) in [5, 5.41) is 9.63. The Labute approximate surface area is 160 Å². The summed E-state index contributed by atoms with van der Waals surface area (Å²) in [6, 6.07) is 14.1. The summed E-state index contributed by atoms with van der Waals surface area (Å²) < 4.78 is 5.84. The number of carboxylic acid groups (broad SMARTS) is 1. The SMILES string of the molecule is Cc1sc(-c2ccccc2)nc1Cc1ccc(/C=C/CSCC(=O)O)o1. The minimum absolute atomic E-state index is 0.112. The minimum atomic E-state index is -0.794. The smallest absolute Gasteiger partial charge is 0.313 e. The first-order valence-corrected chi connectivity index (χ1v) is 10.2. The average molecular weight is 386 g/mol. The fourth-order valence-corrected chi connectivity index (χ4v) is 3.88. The Kier molecular flexibility index (Phi) is 6.30. The van der Waals surface area contributed by atoms with E-state index >= 15 is 0 Å². The van der Waals surface area contributed by atoms with Crippen molar-refractivity contribution in [2.75, 3.05) is 11.5 Å². The van der Waals surface area contributed by atoms with Crippen molar-refractivity contribution < 1.29 is 14.3 Å². The molecule has 0 aliphatic carbocycles. The van der Waals surface area contributed by atoms with Crippen LogP contribution in [-0.2, 0) is 11.2 Å². The molecule has 134 valence electrons. The van der Waals surface area contributed by atoms with Crippen LogP contribution in [0.4, 0.5) is 0 Å². The maximum atomic E-state index is 10.5. The molecule has 3 rings (SSSR count). The van der Waals surface area contributed by atoms with Crippen LogP contribution in [0.1, 0.15) is 22.1 Å². The van der Waals surface area contributed by atoms with E-state index < -0.39 is 5.97 Å². The molecule has 1 aromatic carbocycles. The molecule has 0 saturated heterocycles. The van der Waals surface area contributed by atoms with Crippen molar-refractivity contribution in [2.24, 2.45) is 0 Å². The van der Waals surface area contributed by atoms with Crippen molar-refractivity contribution in [3.63, 3.8) is 0 Å². The number of nitrogens with zero attached hydrogens (tertiary/aromatic N) is 1. The zero-order valence-electron chi connectivity index (χ0n) is 14.3. The van der Waals surface area contributed by atoms with Gasteiger partial charge in [-0.1, -0.05) is 36.4 Å². The molecule has 0 bridgehead atoms. The summed E-state index contributed by atoms with van der Waals surface area (Å²) in [6.45, 7) is 2.09. The molecule has 26 heavy (non-hydrogen) atoms. The normalized spacial score (nSPS) is 11.3. The standard InChI is InChI=1S/C20H19NO3S2/c1-14-18(21-20(26-14)15-6-3-2-4-7-15)12-17-10-9-16(24-17)8-5-11-25-13-19(22)23/h2-10H,11-13H2,1H3,(H,22,23)/b8-5+. The lowest BCUT2D eigenvalue weighted by atomic mass is 10.2. The molecule has 1 N–H and O–H groups in total. The maximum absolute atomic E-state index is 10.5. The maximum Gasteiger partial charge on any atom is 0.313 e. The highest BCUT2D eigenvalue weighted by Crippen LogP contribution is 2.29. The molecule has 0 spiro atoms. The van der Waals surface area contributed by atoms with E-state index in [0.29, 0.717) is 12.2 Å². The van der Waals surface area contributed by atoms with Crippen LogP contribution in [0, 0.1) is 6.92 Å². The topological polar surface area (TPSA) is 63.3 Å². The third kappa shape index (κ3) is 5.09. The van der Waals surface area contributed by atoms with Gasteiger partial charge in [0.15, 0.2) is 0 Å². The van der Waals surface area contributed by atoms with E-state index in [-0.39, 0.29) is 5.75 Å².